The van der Waals surface area contributed by atoms with Gasteiger partial charge in [0.2, 0.25) is 10.0 Å². The first-order chi connectivity index (χ1) is 9.86. The van der Waals surface area contributed by atoms with Gasteiger partial charge in [-0.2, -0.15) is 0 Å². The van der Waals surface area contributed by atoms with E-state index in [0.717, 1.165) is 24.0 Å². The lowest BCUT2D eigenvalue weighted by atomic mass is 9.83. The van der Waals surface area contributed by atoms with Crippen LogP contribution >= 0.6 is 0 Å². The molecular formula is C15H24N2O3S. The molecule has 1 aliphatic rings. The van der Waals surface area contributed by atoms with Gasteiger partial charge in [0, 0.05) is 26.3 Å². The first kappa shape index (κ1) is 16.4. The van der Waals surface area contributed by atoms with E-state index >= 15 is 0 Å². The summed E-state index contributed by atoms with van der Waals surface area (Å²) < 4.78 is 33.1. The van der Waals surface area contributed by atoms with E-state index in [1.54, 1.807) is 19.1 Å². The fourth-order valence-corrected chi connectivity index (χ4v) is 3.94. The normalized spacial score (nSPS) is 18.6. The van der Waals surface area contributed by atoms with E-state index in [-0.39, 0.29) is 5.41 Å². The van der Waals surface area contributed by atoms with Gasteiger partial charge < -0.3 is 10.5 Å². The van der Waals surface area contributed by atoms with Gasteiger partial charge in [0.1, 0.15) is 0 Å². The molecule has 2 rings (SSSR count). The van der Waals surface area contributed by atoms with Gasteiger partial charge in [-0.25, -0.2) is 13.1 Å². The number of ether oxygens (including phenoxy) is 1. The summed E-state index contributed by atoms with van der Waals surface area (Å²) >= 11 is 0. The molecule has 3 N–H and O–H groups in total. The molecule has 1 aromatic carbocycles. The van der Waals surface area contributed by atoms with Crippen LogP contribution in [0.25, 0.3) is 0 Å². The lowest BCUT2D eigenvalue weighted by molar-refractivity contribution is 0.0264. The summed E-state index contributed by atoms with van der Waals surface area (Å²) in [6.45, 7) is 6.05. The highest BCUT2D eigenvalue weighted by molar-refractivity contribution is 7.89. The smallest absolute Gasteiger partial charge is 0.240 e. The molecule has 1 fully saturated rings. The first-order valence-corrected chi connectivity index (χ1v) is 8.72. The Bertz CT molecular complexity index is 593. The maximum absolute atomic E-state index is 12.5. The molecule has 21 heavy (non-hydrogen) atoms. The number of sulfonamides is 1. The van der Waals surface area contributed by atoms with Crippen LogP contribution in [0.15, 0.2) is 23.1 Å². The maximum atomic E-state index is 12.5. The molecule has 0 amide bonds. The summed E-state index contributed by atoms with van der Waals surface area (Å²) in [4.78, 5) is 0.320. The molecule has 118 valence electrons. The van der Waals surface area contributed by atoms with Gasteiger partial charge in [-0.05, 0) is 42.4 Å². The molecule has 1 aliphatic heterocycles. The third kappa shape index (κ3) is 4.03. The van der Waals surface area contributed by atoms with Crippen LogP contribution in [0.3, 0.4) is 0 Å². The molecule has 5 nitrogen and oxygen atoms in total. The molecule has 6 heteroatoms. The quantitative estimate of drug-likeness (QED) is 0.864. The molecule has 0 unspecified atom stereocenters. The third-order valence-electron chi connectivity index (χ3n) is 4.17. The van der Waals surface area contributed by atoms with Crippen molar-refractivity contribution >= 4 is 10.0 Å². The summed E-state index contributed by atoms with van der Waals surface area (Å²) in [7, 11) is -3.51. The summed E-state index contributed by atoms with van der Waals surface area (Å²) in [6, 6.07) is 5.31. The van der Waals surface area contributed by atoms with Crippen molar-refractivity contribution in [3.8, 4) is 0 Å². The van der Waals surface area contributed by atoms with E-state index in [9.17, 15) is 8.42 Å². The van der Waals surface area contributed by atoms with Gasteiger partial charge in [-0.1, -0.05) is 19.1 Å². The molecule has 0 saturated carbocycles. The van der Waals surface area contributed by atoms with Crippen LogP contribution in [0.4, 0.5) is 0 Å². The van der Waals surface area contributed by atoms with Crippen molar-refractivity contribution in [2.45, 2.75) is 38.1 Å². The van der Waals surface area contributed by atoms with Gasteiger partial charge in [-0.3, -0.25) is 0 Å². The highest BCUT2D eigenvalue weighted by Gasteiger charge is 2.29. The molecule has 1 heterocycles. The zero-order chi connectivity index (χ0) is 15.5. The van der Waals surface area contributed by atoms with Crippen LogP contribution in [0.1, 0.15) is 30.9 Å². The minimum atomic E-state index is -3.51. The Morgan fingerprint density at radius 1 is 1.33 bits per heavy atom. The summed E-state index contributed by atoms with van der Waals surface area (Å²) in [5, 5.41) is 0. The van der Waals surface area contributed by atoms with Crippen LogP contribution in [0, 0.1) is 12.3 Å². The molecule has 1 saturated heterocycles. The fraction of sp³-hybridized carbons (Fsp3) is 0.600. The van der Waals surface area contributed by atoms with E-state index in [4.69, 9.17) is 10.5 Å². The van der Waals surface area contributed by atoms with E-state index in [2.05, 4.69) is 11.6 Å². The van der Waals surface area contributed by atoms with Crippen molar-refractivity contribution in [2.75, 3.05) is 19.8 Å². The van der Waals surface area contributed by atoms with Crippen molar-refractivity contribution in [3.63, 3.8) is 0 Å². The third-order valence-corrected chi connectivity index (χ3v) is 5.71. The SMILES string of the molecule is Cc1ccc(CN)cc1S(=O)(=O)NCC1(C)CCOCC1. The average Bonchev–Trinajstić information content (AvgIpc) is 2.47. The number of hydrogen-bond acceptors (Lipinski definition) is 4. The zero-order valence-electron chi connectivity index (χ0n) is 12.7. The topological polar surface area (TPSA) is 81.4 Å². The second-order valence-electron chi connectivity index (χ2n) is 6.05. The predicted molar refractivity (Wildman–Crippen MR) is 82.4 cm³/mol. The molecule has 1 aromatic rings. The second kappa shape index (κ2) is 6.44. The maximum Gasteiger partial charge on any atom is 0.240 e. The Hall–Kier alpha value is -0.950. The largest absolute Gasteiger partial charge is 0.381 e. The second-order valence-corrected chi connectivity index (χ2v) is 7.79. The van der Waals surface area contributed by atoms with E-state index in [1.807, 2.05) is 6.07 Å². The Labute approximate surface area is 126 Å². The highest BCUT2D eigenvalue weighted by atomic mass is 32.2. The van der Waals surface area contributed by atoms with Crippen LogP contribution in [0.2, 0.25) is 0 Å². The molecule has 0 spiro atoms. The molecule has 0 radical (unpaired) electrons. The van der Waals surface area contributed by atoms with Crippen molar-refractivity contribution in [2.24, 2.45) is 11.1 Å². The standard InChI is InChI=1S/C15H24N2O3S/c1-12-3-4-13(10-16)9-14(12)21(18,19)17-11-15(2)5-7-20-8-6-15/h3-4,9,17H,5-8,10-11,16H2,1-2H3. The van der Waals surface area contributed by atoms with Crippen LogP contribution in [0.5, 0.6) is 0 Å². The predicted octanol–water partition coefficient (Wildman–Crippen LogP) is 1.55. The van der Waals surface area contributed by atoms with Crippen molar-refractivity contribution in [1.82, 2.24) is 4.72 Å². The van der Waals surface area contributed by atoms with Crippen LogP contribution in [-0.2, 0) is 21.3 Å². The Morgan fingerprint density at radius 2 is 2.00 bits per heavy atom. The van der Waals surface area contributed by atoms with Gasteiger partial charge in [-0.15, -0.1) is 0 Å². The summed E-state index contributed by atoms with van der Waals surface area (Å²) in [5.74, 6) is 0. The van der Waals surface area contributed by atoms with Gasteiger partial charge in [0.15, 0.2) is 0 Å². The number of rotatable bonds is 5. The highest BCUT2D eigenvalue weighted by Crippen LogP contribution is 2.29. The molecule has 0 bridgehead atoms. The van der Waals surface area contributed by atoms with E-state index < -0.39 is 10.0 Å². The lowest BCUT2D eigenvalue weighted by Gasteiger charge is -2.33. The monoisotopic (exact) mass is 312 g/mol. The Kier molecular flexibility index (Phi) is 5.03. The average molecular weight is 312 g/mol. The molecule has 0 aliphatic carbocycles. The van der Waals surface area contributed by atoms with Gasteiger partial charge in [0.05, 0.1) is 4.90 Å². The first-order valence-electron chi connectivity index (χ1n) is 7.23. The van der Waals surface area contributed by atoms with Gasteiger partial charge >= 0.3 is 0 Å². The van der Waals surface area contributed by atoms with E-state index in [1.165, 1.54) is 0 Å². The minimum Gasteiger partial charge on any atom is -0.381 e. The fourth-order valence-electron chi connectivity index (χ4n) is 2.45. The Morgan fingerprint density at radius 3 is 2.62 bits per heavy atom. The molecular weight excluding hydrogens is 288 g/mol. The van der Waals surface area contributed by atoms with Crippen LogP contribution < -0.4 is 10.5 Å². The molecule has 0 atom stereocenters. The van der Waals surface area contributed by atoms with Crippen molar-refractivity contribution < 1.29 is 13.2 Å². The summed E-state index contributed by atoms with van der Waals surface area (Å²) in [6.07, 6.45) is 1.74. The molecule has 0 aromatic heterocycles. The van der Waals surface area contributed by atoms with Crippen molar-refractivity contribution in [3.05, 3.63) is 29.3 Å². The zero-order valence-corrected chi connectivity index (χ0v) is 13.5. The number of benzene rings is 1. The minimum absolute atomic E-state index is 0.0370. The van der Waals surface area contributed by atoms with E-state index in [0.29, 0.717) is 31.2 Å². The Balaban J connectivity index is 2.15. The number of aryl methyl sites for hydroxylation is 1. The number of hydrogen-bond donors (Lipinski definition) is 2. The van der Waals surface area contributed by atoms with Gasteiger partial charge in [0.25, 0.3) is 0 Å². The lowest BCUT2D eigenvalue weighted by Crippen LogP contribution is -2.39. The number of nitrogens with one attached hydrogen (secondary N) is 1. The van der Waals surface area contributed by atoms with Crippen LogP contribution in [-0.4, -0.2) is 28.2 Å². The summed E-state index contributed by atoms with van der Waals surface area (Å²) in [5.41, 5.74) is 7.11. The van der Waals surface area contributed by atoms with Crippen molar-refractivity contribution in [1.29, 1.82) is 0 Å². The number of nitrogens with two attached hydrogens (primary N) is 1.